The molecule has 0 radical (unpaired) electrons. The normalized spacial score (nSPS) is 20.3. The number of aromatic nitrogens is 1. The van der Waals surface area contributed by atoms with E-state index in [1.807, 2.05) is 13.1 Å². The molecule has 1 aromatic heterocycles. The Labute approximate surface area is 143 Å². The molecule has 21 heavy (non-hydrogen) atoms. The Bertz CT molecular complexity index is 496. The Balaban J connectivity index is 0.00000161. The van der Waals surface area contributed by atoms with Crippen molar-refractivity contribution in [3.05, 3.63) is 17.5 Å². The largest absolute Gasteiger partial charge is 0.359 e. The lowest BCUT2D eigenvalue weighted by atomic mass is 9.68. The molecule has 0 amide bonds. The molecule has 2 aliphatic rings. The molecule has 1 aliphatic heterocycles. The van der Waals surface area contributed by atoms with Gasteiger partial charge in [-0.3, -0.25) is 4.99 Å². The van der Waals surface area contributed by atoms with E-state index < -0.39 is 0 Å². The molecule has 2 fully saturated rings. The lowest BCUT2D eigenvalue weighted by molar-refractivity contribution is 0.151. The van der Waals surface area contributed by atoms with Crippen molar-refractivity contribution in [2.24, 2.45) is 10.4 Å². The van der Waals surface area contributed by atoms with E-state index in [-0.39, 0.29) is 24.0 Å². The van der Waals surface area contributed by atoms with Crippen LogP contribution in [0.15, 0.2) is 15.6 Å². The van der Waals surface area contributed by atoms with Gasteiger partial charge in [-0.05, 0) is 31.1 Å². The average molecular weight is 404 g/mol. The van der Waals surface area contributed by atoms with Gasteiger partial charge in [-0.15, -0.1) is 24.0 Å². The van der Waals surface area contributed by atoms with Crippen LogP contribution in [0.1, 0.15) is 44.1 Å². The summed E-state index contributed by atoms with van der Waals surface area (Å²) in [4.78, 5) is 6.79. The third kappa shape index (κ3) is 3.52. The van der Waals surface area contributed by atoms with Crippen molar-refractivity contribution >= 4 is 29.9 Å². The van der Waals surface area contributed by atoms with E-state index in [1.54, 1.807) is 0 Å². The fourth-order valence-electron chi connectivity index (χ4n) is 3.30. The summed E-state index contributed by atoms with van der Waals surface area (Å²) < 4.78 is 5.30. The maximum atomic E-state index is 5.30. The summed E-state index contributed by atoms with van der Waals surface area (Å²) in [5.41, 5.74) is 1.60. The molecule has 0 aromatic carbocycles. The SMILES string of the molecule is CCc1cc(CNC(=NC)N2CCC3(CCC3)C2)on1.I. The maximum absolute atomic E-state index is 5.30. The Morgan fingerprint density at radius 1 is 1.48 bits per heavy atom. The summed E-state index contributed by atoms with van der Waals surface area (Å²) in [7, 11) is 1.85. The third-order valence-electron chi connectivity index (χ3n) is 4.75. The predicted octanol–water partition coefficient (Wildman–Crippen LogP) is 2.81. The Kier molecular flexibility index (Phi) is 5.51. The van der Waals surface area contributed by atoms with Crippen LogP contribution in [0.3, 0.4) is 0 Å². The van der Waals surface area contributed by atoms with Crippen molar-refractivity contribution in [3.8, 4) is 0 Å². The summed E-state index contributed by atoms with van der Waals surface area (Å²) in [6.45, 7) is 5.01. The number of nitrogens with one attached hydrogen (secondary N) is 1. The minimum absolute atomic E-state index is 0. The molecule has 1 spiro atoms. The quantitative estimate of drug-likeness (QED) is 0.478. The molecule has 0 unspecified atom stereocenters. The zero-order valence-corrected chi connectivity index (χ0v) is 15.2. The second kappa shape index (κ2) is 6.98. The standard InChI is InChI=1S/C15H24N4O.HI/c1-3-12-9-13(20-18-12)10-17-14(16-2)19-8-7-15(11-19)5-4-6-15;/h9H,3-8,10-11H2,1-2H3,(H,16,17);1H. The van der Waals surface area contributed by atoms with Crippen molar-refractivity contribution in [2.75, 3.05) is 20.1 Å². The Hall–Kier alpha value is -0.790. The van der Waals surface area contributed by atoms with E-state index in [9.17, 15) is 0 Å². The number of halogens is 1. The smallest absolute Gasteiger partial charge is 0.194 e. The van der Waals surface area contributed by atoms with Crippen molar-refractivity contribution in [1.29, 1.82) is 0 Å². The molecular weight excluding hydrogens is 379 g/mol. The van der Waals surface area contributed by atoms with Crippen LogP contribution in [0.2, 0.25) is 0 Å². The highest BCUT2D eigenvalue weighted by molar-refractivity contribution is 14.0. The van der Waals surface area contributed by atoms with Gasteiger partial charge in [0.05, 0.1) is 12.2 Å². The molecule has 5 nitrogen and oxygen atoms in total. The highest BCUT2D eigenvalue weighted by Crippen LogP contribution is 2.47. The van der Waals surface area contributed by atoms with Crippen LogP contribution in [0.4, 0.5) is 0 Å². The van der Waals surface area contributed by atoms with E-state index in [4.69, 9.17) is 4.52 Å². The summed E-state index contributed by atoms with van der Waals surface area (Å²) in [5.74, 6) is 1.86. The van der Waals surface area contributed by atoms with Gasteiger partial charge in [0.25, 0.3) is 0 Å². The van der Waals surface area contributed by atoms with Gasteiger partial charge in [0.15, 0.2) is 11.7 Å². The molecule has 3 rings (SSSR count). The van der Waals surface area contributed by atoms with Crippen molar-refractivity contribution < 1.29 is 4.52 Å². The molecule has 1 saturated heterocycles. The average Bonchev–Trinajstić information content (AvgIpc) is 3.05. The van der Waals surface area contributed by atoms with Gasteiger partial charge < -0.3 is 14.7 Å². The molecule has 0 bridgehead atoms. The van der Waals surface area contributed by atoms with Crippen LogP contribution in [-0.2, 0) is 13.0 Å². The van der Waals surface area contributed by atoms with Gasteiger partial charge in [-0.1, -0.05) is 18.5 Å². The second-order valence-corrected chi connectivity index (χ2v) is 6.06. The third-order valence-corrected chi connectivity index (χ3v) is 4.75. The van der Waals surface area contributed by atoms with Crippen LogP contribution in [0.25, 0.3) is 0 Å². The van der Waals surface area contributed by atoms with Gasteiger partial charge in [0, 0.05) is 26.2 Å². The number of hydrogen-bond donors (Lipinski definition) is 1. The number of aliphatic imine (C=N–C) groups is 1. The second-order valence-electron chi connectivity index (χ2n) is 6.06. The Morgan fingerprint density at radius 2 is 2.29 bits per heavy atom. The van der Waals surface area contributed by atoms with Crippen LogP contribution < -0.4 is 5.32 Å². The van der Waals surface area contributed by atoms with Crippen molar-refractivity contribution in [2.45, 2.75) is 45.6 Å². The minimum Gasteiger partial charge on any atom is -0.359 e. The minimum atomic E-state index is 0. The first kappa shape index (κ1) is 16.6. The highest BCUT2D eigenvalue weighted by Gasteiger charge is 2.43. The highest BCUT2D eigenvalue weighted by atomic mass is 127. The molecule has 1 aliphatic carbocycles. The first-order valence-electron chi connectivity index (χ1n) is 7.65. The monoisotopic (exact) mass is 404 g/mol. The molecule has 6 heteroatoms. The van der Waals surface area contributed by atoms with Crippen LogP contribution in [-0.4, -0.2) is 36.2 Å². The fourth-order valence-corrected chi connectivity index (χ4v) is 3.30. The topological polar surface area (TPSA) is 53.7 Å². The lowest BCUT2D eigenvalue weighted by Crippen LogP contribution is -2.42. The van der Waals surface area contributed by atoms with Gasteiger partial charge in [-0.25, -0.2) is 0 Å². The van der Waals surface area contributed by atoms with Gasteiger partial charge in [0.2, 0.25) is 0 Å². The van der Waals surface area contributed by atoms with Crippen molar-refractivity contribution in [3.63, 3.8) is 0 Å². The lowest BCUT2D eigenvalue weighted by Gasteiger charge is -2.38. The van der Waals surface area contributed by atoms with Gasteiger partial charge in [0.1, 0.15) is 0 Å². The first-order valence-corrected chi connectivity index (χ1v) is 7.65. The molecule has 0 atom stereocenters. The summed E-state index contributed by atoms with van der Waals surface area (Å²) in [6, 6.07) is 2.01. The molecule has 1 aromatic rings. The van der Waals surface area contributed by atoms with E-state index in [2.05, 4.69) is 27.3 Å². The number of aryl methyl sites for hydroxylation is 1. The van der Waals surface area contributed by atoms with Gasteiger partial charge in [-0.2, -0.15) is 0 Å². The zero-order valence-electron chi connectivity index (χ0n) is 12.9. The molecule has 1 N–H and O–H groups in total. The van der Waals surface area contributed by atoms with E-state index in [0.717, 1.165) is 36.9 Å². The van der Waals surface area contributed by atoms with E-state index in [0.29, 0.717) is 12.0 Å². The Morgan fingerprint density at radius 3 is 2.81 bits per heavy atom. The number of guanidine groups is 1. The molecule has 2 heterocycles. The molecule has 118 valence electrons. The predicted molar refractivity (Wildman–Crippen MR) is 94.0 cm³/mol. The number of nitrogens with zero attached hydrogens (tertiary/aromatic N) is 3. The first-order chi connectivity index (χ1) is 9.74. The van der Waals surface area contributed by atoms with Crippen LogP contribution in [0.5, 0.6) is 0 Å². The summed E-state index contributed by atoms with van der Waals surface area (Å²) >= 11 is 0. The van der Waals surface area contributed by atoms with Gasteiger partial charge >= 0.3 is 0 Å². The molecule has 1 saturated carbocycles. The maximum Gasteiger partial charge on any atom is 0.194 e. The summed E-state index contributed by atoms with van der Waals surface area (Å²) in [5, 5.41) is 7.41. The zero-order chi connectivity index (χ0) is 14.0. The summed E-state index contributed by atoms with van der Waals surface area (Å²) in [6.07, 6.45) is 6.41. The molecular formula is C15H25IN4O. The number of likely N-dealkylation sites (tertiary alicyclic amines) is 1. The van der Waals surface area contributed by atoms with E-state index in [1.165, 1.54) is 25.7 Å². The van der Waals surface area contributed by atoms with Crippen molar-refractivity contribution in [1.82, 2.24) is 15.4 Å². The van der Waals surface area contributed by atoms with E-state index >= 15 is 0 Å². The van der Waals surface area contributed by atoms with Crippen LogP contribution in [0, 0.1) is 5.41 Å². The number of hydrogen-bond acceptors (Lipinski definition) is 3. The number of rotatable bonds is 3. The fraction of sp³-hybridized carbons (Fsp3) is 0.733. The van der Waals surface area contributed by atoms with Crippen LogP contribution >= 0.6 is 24.0 Å².